The van der Waals surface area contributed by atoms with Crippen LogP contribution in [0.4, 0.5) is 0 Å². The van der Waals surface area contributed by atoms with Gasteiger partial charge in [-0.15, -0.1) is 0 Å². The summed E-state index contributed by atoms with van der Waals surface area (Å²) in [6.07, 6.45) is 8.73. The molecule has 0 bridgehead atoms. The Labute approximate surface area is 134 Å². The fraction of sp³-hybridized carbons (Fsp3) is 0.474. The van der Waals surface area contributed by atoms with E-state index in [4.69, 9.17) is 4.74 Å². The Hall–Kier alpha value is -1.74. The van der Waals surface area contributed by atoms with Gasteiger partial charge in [0.15, 0.2) is 0 Å². The Bertz CT molecular complexity index is 548. The number of hydrogen-bond donors (Lipinski definition) is 1. The summed E-state index contributed by atoms with van der Waals surface area (Å²) in [7, 11) is 1.70. The van der Waals surface area contributed by atoms with Gasteiger partial charge in [0, 0.05) is 30.2 Å². The molecule has 1 aromatic heterocycles. The molecule has 120 valence electrons. The second-order valence-corrected chi connectivity index (χ2v) is 5.66. The molecule has 0 amide bonds. The van der Waals surface area contributed by atoms with Crippen LogP contribution in [-0.4, -0.2) is 18.2 Å². The van der Waals surface area contributed by atoms with Crippen LogP contribution in [0.15, 0.2) is 42.6 Å². The normalized spacial score (nSPS) is 10.8. The topological polar surface area (TPSA) is 26.2 Å². The van der Waals surface area contributed by atoms with Crippen LogP contribution in [0.25, 0.3) is 5.69 Å². The highest BCUT2D eigenvalue weighted by Gasteiger charge is 2.04. The van der Waals surface area contributed by atoms with E-state index in [9.17, 15) is 0 Å². The lowest BCUT2D eigenvalue weighted by molar-refractivity contribution is 0.414. The average molecular weight is 300 g/mol. The quantitative estimate of drug-likeness (QED) is 0.652. The van der Waals surface area contributed by atoms with Gasteiger partial charge >= 0.3 is 0 Å². The van der Waals surface area contributed by atoms with E-state index < -0.39 is 0 Å². The SMILES string of the molecule is CCCCCCCNCc1cccn1-c1cccc(OC)c1. The first-order valence-corrected chi connectivity index (χ1v) is 8.36. The van der Waals surface area contributed by atoms with E-state index >= 15 is 0 Å². The zero-order valence-electron chi connectivity index (χ0n) is 13.8. The number of aromatic nitrogens is 1. The van der Waals surface area contributed by atoms with Crippen molar-refractivity contribution in [3.8, 4) is 11.4 Å². The van der Waals surface area contributed by atoms with E-state index in [1.165, 1.54) is 37.8 Å². The molecule has 0 atom stereocenters. The molecule has 22 heavy (non-hydrogen) atoms. The summed E-state index contributed by atoms with van der Waals surface area (Å²) in [5.41, 5.74) is 2.42. The van der Waals surface area contributed by atoms with Gasteiger partial charge < -0.3 is 14.6 Å². The number of nitrogens with one attached hydrogen (secondary N) is 1. The molecule has 3 nitrogen and oxygen atoms in total. The molecule has 1 N–H and O–H groups in total. The summed E-state index contributed by atoms with van der Waals surface area (Å²) in [4.78, 5) is 0. The first kappa shape index (κ1) is 16.6. The second kappa shape index (κ2) is 9.31. The molecule has 0 spiro atoms. The maximum atomic E-state index is 5.31. The lowest BCUT2D eigenvalue weighted by Crippen LogP contribution is -2.16. The largest absolute Gasteiger partial charge is 0.497 e. The fourth-order valence-electron chi connectivity index (χ4n) is 2.64. The van der Waals surface area contributed by atoms with Gasteiger partial charge in [-0.25, -0.2) is 0 Å². The molecule has 1 heterocycles. The van der Waals surface area contributed by atoms with Crippen molar-refractivity contribution in [3.63, 3.8) is 0 Å². The Morgan fingerprint density at radius 1 is 1.05 bits per heavy atom. The number of unbranched alkanes of at least 4 members (excludes halogenated alkanes) is 4. The number of hydrogen-bond acceptors (Lipinski definition) is 2. The van der Waals surface area contributed by atoms with E-state index in [0.29, 0.717) is 0 Å². The van der Waals surface area contributed by atoms with Crippen molar-refractivity contribution in [2.45, 2.75) is 45.6 Å². The summed E-state index contributed by atoms with van der Waals surface area (Å²) < 4.78 is 7.52. The fourth-order valence-corrected chi connectivity index (χ4v) is 2.64. The minimum absolute atomic E-state index is 0.890. The zero-order valence-corrected chi connectivity index (χ0v) is 13.8. The van der Waals surface area contributed by atoms with Crippen molar-refractivity contribution in [2.24, 2.45) is 0 Å². The van der Waals surface area contributed by atoms with Gasteiger partial charge in [-0.05, 0) is 37.2 Å². The van der Waals surface area contributed by atoms with E-state index in [1.54, 1.807) is 7.11 Å². The highest BCUT2D eigenvalue weighted by Crippen LogP contribution is 2.18. The predicted molar refractivity (Wildman–Crippen MR) is 92.8 cm³/mol. The Morgan fingerprint density at radius 3 is 2.73 bits per heavy atom. The van der Waals surface area contributed by atoms with Gasteiger partial charge in [0.25, 0.3) is 0 Å². The maximum Gasteiger partial charge on any atom is 0.120 e. The number of ether oxygens (including phenoxy) is 1. The maximum absolute atomic E-state index is 5.31. The molecular formula is C19H28N2O. The van der Waals surface area contributed by atoms with Crippen molar-refractivity contribution < 1.29 is 4.74 Å². The molecule has 0 saturated heterocycles. The zero-order chi connectivity index (χ0) is 15.6. The lowest BCUT2D eigenvalue weighted by atomic mass is 10.1. The van der Waals surface area contributed by atoms with Crippen molar-refractivity contribution in [3.05, 3.63) is 48.3 Å². The van der Waals surface area contributed by atoms with Crippen LogP contribution in [0.5, 0.6) is 5.75 Å². The minimum Gasteiger partial charge on any atom is -0.497 e. The van der Waals surface area contributed by atoms with Crippen LogP contribution < -0.4 is 10.1 Å². The molecule has 2 rings (SSSR count). The first-order chi connectivity index (χ1) is 10.8. The van der Waals surface area contributed by atoms with E-state index in [-0.39, 0.29) is 0 Å². The number of methoxy groups -OCH3 is 1. The Kier molecular flexibility index (Phi) is 7.04. The molecule has 0 aliphatic carbocycles. The average Bonchev–Trinajstić information content (AvgIpc) is 3.02. The van der Waals surface area contributed by atoms with Gasteiger partial charge in [-0.2, -0.15) is 0 Å². The van der Waals surface area contributed by atoms with Gasteiger partial charge in [0.2, 0.25) is 0 Å². The van der Waals surface area contributed by atoms with Crippen molar-refractivity contribution in [2.75, 3.05) is 13.7 Å². The van der Waals surface area contributed by atoms with Gasteiger partial charge in [-0.3, -0.25) is 0 Å². The number of rotatable bonds is 10. The molecule has 2 aromatic rings. The van der Waals surface area contributed by atoms with Crippen LogP contribution in [0.3, 0.4) is 0 Å². The summed E-state index contributed by atoms with van der Waals surface area (Å²) in [6, 6.07) is 12.4. The third-order valence-corrected chi connectivity index (χ3v) is 3.93. The summed E-state index contributed by atoms with van der Waals surface area (Å²) in [6.45, 7) is 4.25. The van der Waals surface area contributed by atoms with Gasteiger partial charge in [-0.1, -0.05) is 38.7 Å². The number of benzene rings is 1. The first-order valence-electron chi connectivity index (χ1n) is 8.36. The molecule has 0 aliphatic rings. The highest BCUT2D eigenvalue weighted by molar-refractivity contribution is 5.41. The minimum atomic E-state index is 0.890. The van der Waals surface area contributed by atoms with E-state index in [0.717, 1.165) is 24.5 Å². The van der Waals surface area contributed by atoms with Crippen LogP contribution in [0, 0.1) is 0 Å². The van der Waals surface area contributed by atoms with Gasteiger partial charge in [0.05, 0.1) is 7.11 Å². The third kappa shape index (κ3) is 4.92. The van der Waals surface area contributed by atoms with Gasteiger partial charge in [0.1, 0.15) is 5.75 Å². The highest BCUT2D eigenvalue weighted by atomic mass is 16.5. The molecule has 0 unspecified atom stereocenters. The van der Waals surface area contributed by atoms with Crippen LogP contribution in [0.2, 0.25) is 0 Å². The van der Waals surface area contributed by atoms with Crippen LogP contribution in [0.1, 0.15) is 44.7 Å². The Morgan fingerprint density at radius 2 is 1.91 bits per heavy atom. The predicted octanol–water partition coefficient (Wildman–Crippen LogP) is 4.55. The van der Waals surface area contributed by atoms with Crippen molar-refractivity contribution in [1.29, 1.82) is 0 Å². The molecular weight excluding hydrogens is 272 g/mol. The second-order valence-electron chi connectivity index (χ2n) is 5.66. The molecule has 0 fully saturated rings. The monoisotopic (exact) mass is 300 g/mol. The van der Waals surface area contributed by atoms with Crippen molar-refractivity contribution >= 4 is 0 Å². The van der Waals surface area contributed by atoms with Crippen molar-refractivity contribution in [1.82, 2.24) is 9.88 Å². The molecule has 0 radical (unpaired) electrons. The smallest absolute Gasteiger partial charge is 0.120 e. The summed E-state index contributed by atoms with van der Waals surface area (Å²) in [5, 5.41) is 3.55. The van der Waals surface area contributed by atoms with E-state index in [1.807, 2.05) is 12.1 Å². The molecule has 1 aromatic carbocycles. The summed E-state index contributed by atoms with van der Waals surface area (Å²) >= 11 is 0. The van der Waals surface area contributed by atoms with E-state index in [2.05, 4.69) is 47.3 Å². The molecule has 0 saturated carbocycles. The lowest BCUT2D eigenvalue weighted by Gasteiger charge is -2.11. The van der Waals surface area contributed by atoms with Crippen LogP contribution >= 0.6 is 0 Å². The molecule has 0 aliphatic heterocycles. The summed E-state index contributed by atoms with van der Waals surface area (Å²) in [5.74, 6) is 0.890. The standard InChI is InChI=1S/C19H28N2O/c1-3-4-5-6-7-13-20-16-18-11-9-14-21(18)17-10-8-12-19(15-17)22-2/h8-12,14-15,20H,3-7,13,16H2,1-2H3. The molecule has 3 heteroatoms. The Balaban J connectivity index is 1.84. The van der Waals surface area contributed by atoms with Crippen LogP contribution in [-0.2, 0) is 6.54 Å². The third-order valence-electron chi connectivity index (χ3n) is 3.93. The number of nitrogens with zero attached hydrogens (tertiary/aromatic N) is 1.